The summed E-state index contributed by atoms with van der Waals surface area (Å²) in [5.41, 5.74) is 1.54. The Morgan fingerprint density at radius 3 is 2.83 bits per heavy atom. The van der Waals surface area contributed by atoms with E-state index in [1.807, 2.05) is 26.2 Å². The SMILES string of the molecule is CCc1nc(C)c(C(=O)NC2CCc3nn(Cc4csc(C)n4)c(=O)n3CC2)s1. The fourth-order valence-electron chi connectivity index (χ4n) is 3.57. The maximum Gasteiger partial charge on any atom is 0.346 e. The molecule has 29 heavy (non-hydrogen) atoms. The topological polar surface area (TPSA) is 94.7 Å². The zero-order valence-electron chi connectivity index (χ0n) is 16.8. The molecule has 0 spiro atoms. The molecule has 1 unspecified atom stereocenters. The summed E-state index contributed by atoms with van der Waals surface area (Å²) in [6.07, 6.45) is 2.95. The number of rotatable bonds is 5. The van der Waals surface area contributed by atoms with E-state index < -0.39 is 0 Å². The van der Waals surface area contributed by atoms with Gasteiger partial charge in [0.1, 0.15) is 10.7 Å². The predicted octanol–water partition coefficient (Wildman–Crippen LogP) is 2.32. The second-order valence-electron chi connectivity index (χ2n) is 7.24. The van der Waals surface area contributed by atoms with Gasteiger partial charge in [-0.2, -0.15) is 5.10 Å². The van der Waals surface area contributed by atoms with Crippen LogP contribution >= 0.6 is 22.7 Å². The predicted molar refractivity (Wildman–Crippen MR) is 113 cm³/mol. The molecule has 0 radical (unpaired) electrons. The molecule has 1 N–H and O–H groups in total. The van der Waals surface area contributed by atoms with Crippen LogP contribution in [0.25, 0.3) is 0 Å². The van der Waals surface area contributed by atoms with Crippen molar-refractivity contribution in [3.8, 4) is 0 Å². The lowest BCUT2D eigenvalue weighted by atomic mass is 10.1. The van der Waals surface area contributed by atoms with Crippen LogP contribution in [-0.4, -0.2) is 36.3 Å². The Hall–Kier alpha value is -2.33. The third-order valence-electron chi connectivity index (χ3n) is 5.08. The highest BCUT2D eigenvalue weighted by molar-refractivity contribution is 7.13. The number of thiazole rings is 2. The Morgan fingerprint density at radius 2 is 2.14 bits per heavy atom. The molecular weight excluding hydrogens is 408 g/mol. The second kappa shape index (κ2) is 8.19. The molecule has 1 atom stereocenters. The lowest BCUT2D eigenvalue weighted by Gasteiger charge is -2.15. The summed E-state index contributed by atoms with van der Waals surface area (Å²) in [5, 5.41) is 11.6. The quantitative estimate of drug-likeness (QED) is 0.668. The number of fused-ring (bicyclic) bond motifs is 1. The lowest BCUT2D eigenvalue weighted by Crippen LogP contribution is -2.35. The number of nitrogens with zero attached hydrogens (tertiary/aromatic N) is 5. The number of hydrogen-bond donors (Lipinski definition) is 1. The van der Waals surface area contributed by atoms with Gasteiger partial charge in [-0.25, -0.2) is 19.4 Å². The van der Waals surface area contributed by atoms with Crippen molar-refractivity contribution in [2.24, 2.45) is 0 Å². The Bertz CT molecular complexity index is 1090. The van der Waals surface area contributed by atoms with Gasteiger partial charge in [-0.1, -0.05) is 6.92 Å². The molecule has 154 valence electrons. The molecule has 0 aliphatic carbocycles. The van der Waals surface area contributed by atoms with Crippen LogP contribution in [0.1, 0.15) is 56.7 Å². The molecule has 0 aromatic carbocycles. The largest absolute Gasteiger partial charge is 0.348 e. The standard InChI is InChI=1S/C19H24N6O2S2/c1-4-16-20-11(2)17(29-16)18(26)22-13-5-6-15-23-25(19(27)24(15)8-7-13)9-14-10-28-12(3)21-14/h10,13H,4-9H2,1-3H3,(H,22,26). The van der Waals surface area contributed by atoms with E-state index in [1.165, 1.54) is 16.0 Å². The highest BCUT2D eigenvalue weighted by Crippen LogP contribution is 2.20. The minimum atomic E-state index is -0.108. The van der Waals surface area contributed by atoms with E-state index in [9.17, 15) is 9.59 Å². The Labute approximate surface area is 176 Å². The van der Waals surface area contributed by atoms with E-state index >= 15 is 0 Å². The van der Waals surface area contributed by atoms with Gasteiger partial charge in [0.25, 0.3) is 5.91 Å². The lowest BCUT2D eigenvalue weighted by molar-refractivity contribution is 0.0936. The zero-order chi connectivity index (χ0) is 20.5. The molecule has 10 heteroatoms. The normalized spacial score (nSPS) is 16.4. The van der Waals surface area contributed by atoms with Crippen molar-refractivity contribution >= 4 is 28.6 Å². The minimum absolute atomic E-state index is 0.0183. The van der Waals surface area contributed by atoms with Crippen LogP contribution in [0.5, 0.6) is 0 Å². The van der Waals surface area contributed by atoms with Crippen molar-refractivity contribution in [2.75, 3.05) is 0 Å². The average molecular weight is 433 g/mol. The molecule has 1 aliphatic rings. The van der Waals surface area contributed by atoms with Crippen LogP contribution < -0.4 is 11.0 Å². The van der Waals surface area contributed by atoms with E-state index in [0.717, 1.165) is 40.1 Å². The summed E-state index contributed by atoms with van der Waals surface area (Å²) >= 11 is 3.03. The van der Waals surface area contributed by atoms with Gasteiger partial charge in [0.2, 0.25) is 0 Å². The molecule has 1 amide bonds. The van der Waals surface area contributed by atoms with Gasteiger partial charge in [0, 0.05) is 24.4 Å². The highest BCUT2D eigenvalue weighted by Gasteiger charge is 2.24. The Kier molecular flexibility index (Phi) is 5.64. The van der Waals surface area contributed by atoms with Gasteiger partial charge in [0.05, 0.1) is 27.9 Å². The third-order valence-corrected chi connectivity index (χ3v) is 7.20. The first kappa shape index (κ1) is 20.0. The molecule has 0 bridgehead atoms. The molecule has 3 aromatic rings. The summed E-state index contributed by atoms with van der Waals surface area (Å²) in [4.78, 5) is 35.0. The van der Waals surface area contributed by atoms with Crippen LogP contribution in [-0.2, 0) is 25.9 Å². The first-order valence-corrected chi connectivity index (χ1v) is 11.5. The van der Waals surface area contributed by atoms with Crippen LogP contribution in [0.3, 0.4) is 0 Å². The van der Waals surface area contributed by atoms with Crippen molar-refractivity contribution < 1.29 is 4.79 Å². The van der Waals surface area contributed by atoms with Crippen LogP contribution in [0, 0.1) is 13.8 Å². The average Bonchev–Trinajstić information content (AvgIpc) is 3.32. The van der Waals surface area contributed by atoms with Gasteiger partial charge in [0.15, 0.2) is 0 Å². The third kappa shape index (κ3) is 4.18. The molecule has 3 aromatic heterocycles. The number of aromatic nitrogens is 5. The van der Waals surface area contributed by atoms with E-state index in [4.69, 9.17) is 0 Å². The van der Waals surface area contributed by atoms with Crippen LogP contribution in [0.4, 0.5) is 0 Å². The maximum atomic E-state index is 12.8. The van der Waals surface area contributed by atoms with E-state index in [1.54, 1.807) is 15.9 Å². The highest BCUT2D eigenvalue weighted by atomic mass is 32.1. The molecule has 1 aliphatic heterocycles. The Morgan fingerprint density at radius 1 is 1.31 bits per heavy atom. The number of amides is 1. The van der Waals surface area contributed by atoms with E-state index in [2.05, 4.69) is 20.4 Å². The summed E-state index contributed by atoms with van der Waals surface area (Å²) < 4.78 is 3.23. The smallest absolute Gasteiger partial charge is 0.346 e. The van der Waals surface area contributed by atoms with Crippen LogP contribution in [0.2, 0.25) is 0 Å². The molecule has 8 nitrogen and oxygen atoms in total. The second-order valence-corrected chi connectivity index (χ2v) is 9.39. The number of carbonyl (C=O) groups excluding carboxylic acids is 1. The molecule has 0 saturated carbocycles. The monoisotopic (exact) mass is 432 g/mol. The fraction of sp³-hybridized carbons (Fsp3) is 0.526. The van der Waals surface area contributed by atoms with Gasteiger partial charge in [-0.3, -0.25) is 9.36 Å². The van der Waals surface area contributed by atoms with Gasteiger partial charge < -0.3 is 5.32 Å². The Balaban J connectivity index is 1.43. The van der Waals surface area contributed by atoms with Crippen LogP contribution in [0.15, 0.2) is 10.2 Å². The zero-order valence-corrected chi connectivity index (χ0v) is 18.4. The summed E-state index contributed by atoms with van der Waals surface area (Å²) in [5.74, 6) is 0.710. The van der Waals surface area contributed by atoms with Crippen molar-refractivity contribution in [1.29, 1.82) is 0 Å². The van der Waals surface area contributed by atoms with E-state index in [0.29, 0.717) is 30.8 Å². The first-order chi connectivity index (χ1) is 13.9. The summed E-state index contributed by atoms with van der Waals surface area (Å²) in [7, 11) is 0. The van der Waals surface area contributed by atoms with Crippen molar-refractivity contribution in [2.45, 2.75) is 65.6 Å². The number of hydrogen-bond acceptors (Lipinski definition) is 7. The first-order valence-electron chi connectivity index (χ1n) is 9.79. The fourth-order valence-corrected chi connectivity index (χ4v) is 5.09. The van der Waals surface area contributed by atoms with E-state index in [-0.39, 0.29) is 17.6 Å². The van der Waals surface area contributed by atoms with Crippen molar-refractivity contribution in [3.05, 3.63) is 48.0 Å². The van der Waals surface area contributed by atoms with Crippen molar-refractivity contribution in [1.82, 2.24) is 29.6 Å². The van der Waals surface area contributed by atoms with Crippen molar-refractivity contribution in [3.63, 3.8) is 0 Å². The van der Waals surface area contributed by atoms with Gasteiger partial charge in [-0.05, 0) is 33.1 Å². The molecule has 0 saturated heterocycles. The number of nitrogens with one attached hydrogen (secondary N) is 1. The molecule has 4 heterocycles. The number of aryl methyl sites for hydroxylation is 4. The number of carbonyl (C=O) groups is 1. The molecule has 0 fully saturated rings. The summed E-state index contributed by atoms with van der Waals surface area (Å²) in [6.45, 7) is 6.81. The summed E-state index contributed by atoms with van der Waals surface area (Å²) in [6, 6.07) is 0.0183. The molecular formula is C19H24N6O2S2. The van der Waals surface area contributed by atoms with Gasteiger partial charge in [-0.15, -0.1) is 22.7 Å². The van der Waals surface area contributed by atoms with Gasteiger partial charge >= 0.3 is 5.69 Å². The minimum Gasteiger partial charge on any atom is -0.348 e. The molecule has 4 rings (SSSR count). The maximum absolute atomic E-state index is 12.8.